The van der Waals surface area contributed by atoms with Crippen LogP contribution in [-0.2, 0) is 6.42 Å². The van der Waals surface area contributed by atoms with Crippen LogP contribution in [0.1, 0.15) is 30.1 Å². The molecule has 2 N–H and O–H groups in total. The van der Waals surface area contributed by atoms with Gasteiger partial charge in [0.25, 0.3) is 0 Å². The lowest BCUT2D eigenvalue weighted by Gasteiger charge is -2.07. The Labute approximate surface area is 84.1 Å². The molecule has 1 fully saturated rings. The highest BCUT2D eigenvalue weighted by Gasteiger charge is 2.32. The maximum Gasteiger partial charge on any atom is 0.128 e. The Morgan fingerprint density at radius 2 is 1.93 bits per heavy atom. The maximum atomic E-state index is 13.6. The molecule has 1 nitrogen and oxygen atoms in total. The van der Waals surface area contributed by atoms with Crippen LogP contribution in [0.5, 0.6) is 0 Å². The molecular formula is C12H16FN. The lowest BCUT2D eigenvalue weighted by molar-refractivity contribution is 0.305. The van der Waals surface area contributed by atoms with Gasteiger partial charge in [-0.3, -0.25) is 0 Å². The second kappa shape index (κ2) is 4.09. The molecule has 1 unspecified atom stereocenters. The Balaban J connectivity index is 2.04. The first kappa shape index (κ1) is 9.66. The minimum atomic E-state index is -0.748. The Bertz CT molecular complexity index is 290. The van der Waals surface area contributed by atoms with Gasteiger partial charge >= 0.3 is 0 Å². The number of hydrogen-bond acceptors (Lipinski definition) is 1. The molecule has 0 aliphatic heterocycles. The summed E-state index contributed by atoms with van der Waals surface area (Å²) < 4.78 is 13.6. The third-order valence-electron chi connectivity index (χ3n) is 2.77. The van der Waals surface area contributed by atoms with E-state index in [9.17, 15) is 4.39 Å². The fraction of sp³-hybridized carbons (Fsp3) is 0.500. The third kappa shape index (κ3) is 2.13. The van der Waals surface area contributed by atoms with Crippen LogP contribution in [0, 0.1) is 5.92 Å². The van der Waals surface area contributed by atoms with E-state index in [-0.39, 0.29) is 5.92 Å². The van der Waals surface area contributed by atoms with Gasteiger partial charge in [0.05, 0.1) is 0 Å². The molecule has 1 aromatic rings. The molecule has 0 amide bonds. The smallest absolute Gasteiger partial charge is 0.128 e. The van der Waals surface area contributed by atoms with E-state index in [0.29, 0.717) is 6.54 Å². The van der Waals surface area contributed by atoms with Crippen molar-refractivity contribution in [1.29, 1.82) is 0 Å². The maximum absolute atomic E-state index is 13.6. The minimum Gasteiger partial charge on any atom is -0.330 e. The molecule has 0 aromatic heterocycles. The average Bonchev–Trinajstić information content (AvgIpc) is 3.02. The SMILES string of the molecule is NCCc1ccc(C(F)C2CC2)cc1. The molecule has 1 saturated carbocycles. The van der Waals surface area contributed by atoms with Crippen molar-refractivity contribution in [3.05, 3.63) is 35.4 Å². The van der Waals surface area contributed by atoms with E-state index in [1.165, 1.54) is 5.56 Å². The fourth-order valence-electron chi connectivity index (χ4n) is 1.70. The molecule has 14 heavy (non-hydrogen) atoms. The first-order valence-electron chi connectivity index (χ1n) is 5.24. The molecule has 76 valence electrons. The molecule has 2 heteroatoms. The number of nitrogens with two attached hydrogens (primary N) is 1. The lowest BCUT2D eigenvalue weighted by atomic mass is 10.0. The van der Waals surface area contributed by atoms with Gasteiger partial charge in [-0.05, 0) is 42.9 Å². The topological polar surface area (TPSA) is 26.0 Å². The summed E-state index contributed by atoms with van der Waals surface area (Å²) in [5, 5.41) is 0. The summed E-state index contributed by atoms with van der Waals surface area (Å²) in [5.41, 5.74) is 7.46. The highest BCUT2D eigenvalue weighted by atomic mass is 19.1. The van der Waals surface area contributed by atoms with Crippen molar-refractivity contribution < 1.29 is 4.39 Å². The van der Waals surface area contributed by atoms with Gasteiger partial charge in [0, 0.05) is 0 Å². The van der Waals surface area contributed by atoms with E-state index in [2.05, 4.69) is 0 Å². The monoisotopic (exact) mass is 193 g/mol. The van der Waals surface area contributed by atoms with Crippen LogP contribution >= 0.6 is 0 Å². The first-order chi connectivity index (χ1) is 6.81. The predicted molar refractivity (Wildman–Crippen MR) is 55.8 cm³/mol. The van der Waals surface area contributed by atoms with Crippen LogP contribution in [0.4, 0.5) is 4.39 Å². The summed E-state index contributed by atoms with van der Waals surface area (Å²) >= 11 is 0. The standard InChI is InChI=1S/C12H16FN/c13-12(11-5-6-11)10-3-1-9(2-4-10)7-8-14/h1-4,11-12H,5-8,14H2. The van der Waals surface area contributed by atoms with Gasteiger partial charge in [0.1, 0.15) is 6.17 Å². The molecule has 0 bridgehead atoms. The van der Waals surface area contributed by atoms with Crippen molar-refractivity contribution in [3.8, 4) is 0 Å². The predicted octanol–water partition coefficient (Wildman–Crippen LogP) is 2.61. The number of halogens is 1. The molecule has 1 aliphatic rings. The molecule has 1 aliphatic carbocycles. The van der Waals surface area contributed by atoms with Gasteiger partial charge in [-0.1, -0.05) is 24.3 Å². The molecule has 1 atom stereocenters. The van der Waals surface area contributed by atoms with Crippen molar-refractivity contribution in [2.45, 2.75) is 25.4 Å². The Morgan fingerprint density at radius 1 is 1.29 bits per heavy atom. The van der Waals surface area contributed by atoms with Crippen molar-refractivity contribution in [2.24, 2.45) is 11.7 Å². The molecule has 0 radical (unpaired) electrons. The summed E-state index contributed by atoms with van der Waals surface area (Å²) in [4.78, 5) is 0. The molecule has 0 saturated heterocycles. The second-order valence-electron chi connectivity index (χ2n) is 4.02. The van der Waals surface area contributed by atoms with E-state index >= 15 is 0 Å². The van der Waals surface area contributed by atoms with Crippen LogP contribution in [0.15, 0.2) is 24.3 Å². The van der Waals surface area contributed by atoms with E-state index in [1.54, 1.807) is 0 Å². The highest BCUT2D eigenvalue weighted by molar-refractivity contribution is 5.25. The number of hydrogen-bond donors (Lipinski definition) is 1. The van der Waals surface area contributed by atoms with Crippen LogP contribution in [0.2, 0.25) is 0 Å². The van der Waals surface area contributed by atoms with Crippen molar-refractivity contribution in [1.82, 2.24) is 0 Å². The van der Waals surface area contributed by atoms with E-state index in [4.69, 9.17) is 5.73 Å². The van der Waals surface area contributed by atoms with E-state index < -0.39 is 6.17 Å². The van der Waals surface area contributed by atoms with Gasteiger partial charge < -0.3 is 5.73 Å². The Morgan fingerprint density at radius 3 is 2.43 bits per heavy atom. The summed E-state index contributed by atoms with van der Waals surface area (Å²) in [6.45, 7) is 0.654. The zero-order valence-corrected chi connectivity index (χ0v) is 8.25. The third-order valence-corrected chi connectivity index (χ3v) is 2.77. The van der Waals surface area contributed by atoms with Crippen molar-refractivity contribution in [2.75, 3.05) is 6.54 Å². The number of rotatable bonds is 4. The minimum absolute atomic E-state index is 0.287. The van der Waals surface area contributed by atoms with Gasteiger partial charge in [0.15, 0.2) is 0 Å². The normalized spacial score (nSPS) is 18.1. The highest BCUT2D eigenvalue weighted by Crippen LogP contribution is 2.43. The summed E-state index contributed by atoms with van der Waals surface area (Å²) in [7, 11) is 0. The summed E-state index contributed by atoms with van der Waals surface area (Å²) in [6, 6.07) is 7.76. The molecule has 0 spiro atoms. The quantitative estimate of drug-likeness (QED) is 0.781. The lowest BCUT2D eigenvalue weighted by Crippen LogP contribution is -2.02. The first-order valence-corrected chi connectivity index (χ1v) is 5.24. The van der Waals surface area contributed by atoms with Crippen LogP contribution in [0.3, 0.4) is 0 Å². The van der Waals surface area contributed by atoms with Gasteiger partial charge in [-0.2, -0.15) is 0 Å². The number of alkyl halides is 1. The van der Waals surface area contributed by atoms with Gasteiger partial charge in [-0.25, -0.2) is 4.39 Å². The zero-order valence-electron chi connectivity index (χ0n) is 8.25. The van der Waals surface area contributed by atoms with Gasteiger partial charge in [-0.15, -0.1) is 0 Å². The van der Waals surface area contributed by atoms with Crippen molar-refractivity contribution >= 4 is 0 Å². The van der Waals surface area contributed by atoms with Crippen LogP contribution < -0.4 is 5.73 Å². The number of benzene rings is 1. The molecule has 0 heterocycles. The summed E-state index contributed by atoms with van der Waals surface area (Å²) in [6.07, 6.45) is 2.22. The average molecular weight is 193 g/mol. The summed E-state index contributed by atoms with van der Waals surface area (Å²) in [5.74, 6) is 0.287. The largest absolute Gasteiger partial charge is 0.330 e. The van der Waals surface area contributed by atoms with E-state index in [1.807, 2.05) is 24.3 Å². The van der Waals surface area contributed by atoms with Crippen LogP contribution in [0.25, 0.3) is 0 Å². The van der Waals surface area contributed by atoms with Gasteiger partial charge in [0.2, 0.25) is 0 Å². The second-order valence-corrected chi connectivity index (χ2v) is 4.02. The van der Waals surface area contributed by atoms with Crippen LogP contribution in [-0.4, -0.2) is 6.54 Å². The molecule has 1 aromatic carbocycles. The zero-order chi connectivity index (χ0) is 9.97. The fourth-order valence-corrected chi connectivity index (χ4v) is 1.70. The molecular weight excluding hydrogens is 177 g/mol. The Kier molecular flexibility index (Phi) is 2.82. The van der Waals surface area contributed by atoms with Crippen molar-refractivity contribution in [3.63, 3.8) is 0 Å². The van der Waals surface area contributed by atoms with E-state index in [0.717, 1.165) is 24.8 Å². The molecule has 2 rings (SSSR count). The Hall–Kier alpha value is -0.890.